The van der Waals surface area contributed by atoms with Crippen LogP contribution < -0.4 is 5.73 Å². The molecule has 16 heavy (non-hydrogen) atoms. The number of carbonyl (C=O) groups excluding carboxylic acids is 1. The average molecular weight is 225 g/mol. The molecule has 0 fully saturated rings. The fraction of sp³-hybridized carbons (Fsp3) is 0.125. The summed E-state index contributed by atoms with van der Waals surface area (Å²) >= 11 is 0. The van der Waals surface area contributed by atoms with Crippen molar-refractivity contribution in [1.82, 2.24) is 0 Å². The van der Waals surface area contributed by atoms with Crippen LogP contribution in [0.4, 0.5) is 11.4 Å². The molecule has 0 aliphatic heterocycles. The molecule has 2 N–H and O–H groups in total. The van der Waals surface area contributed by atoms with Gasteiger partial charge in [0.2, 0.25) is 0 Å². The number of benzene rings is 1. The molecular weight excluding hydrogens is 218 g/mol. The van der Waals surface area contributed by atoms with Crippen LogP contribution in [0.3, 0.4) is 0 Å². The van der Waals surface area contributed by atoms with Crippen molar-refractivity contribution in [1.29, 1.82) is 0 Å². The highest BCUT2D eigenvalue weighted by Crippen LogP contribution is 2.29. The molecule has 1 aromatic carbocycles. The topological polar surface area (TPSA) is 129 Å². The maximum Gasteiger partial charge on any atom is 0.289 e. The quantitative estimate of drug-likeness (QED) is 0.603. The van der Waals surface area contributed by atoms with Gasteiger partial charge in [-0.25, -0.2) is 0 Å². The van der Waals surface area contributed by atoms with Gasteiger partial charge < -0.3 is 5.73 Å². The number of nitrogens with zero attached hydrogens (tertiary/aromatic N) is 2. The zero-order valence-electron chi connectivity index (χ0n) is 8.17. The minimum Gasteiger partial charge on any atom is -0.365 e. The Balaban J connectivity index is 3.67. The van der Waals surface area contributed by atoms with Crippen molar-refractivity contribution >= 4 is 17.3 Å². The van der Waals surface area contributed by atoms with E-state index in [1.807, 2.05) is 0 Å². The molecule has 0 saturated carbocycles. The largest absolute Gasteiger partial charge is 0.365 e. The number of nitro groups is 2. The van der Waals surface area contributed by atoms with Crippen LogP contribution in [0.25, 0.3) is 0 Å². The van der Waals surface area contributed by atoms with Gasteiger partial charge in [-0.1, -0.05) is 0 Å². The summed E-state index contributed by atoms with van der Waals surface area (Å²) in [5, 5.41) is 21.3. The summed E-state index contributed by atoms with van der Waals surface area (Å²) in [4.78, 5) is 30.5. The Labute approximate surface area is 89.0 Å². The number of carbonyl (C=O) groups is 1. The maximum atomic E-state index is 11.0. The highest BCUT2D eigenvalue weighted by molar-refractivity contribution is 6.01. The zero-order valence-corrected chi connectivity index (χ0v) is 8.17. The standard InChI is InChI=1S/C8H7N3O5/c1-4-2-5(10(13)14)7(8(9)12)6(3-4)11(15)16/h2-3H,1H3,(H2,9,12). The van der Waals surface area contributed by atoms with Crippen molar-refractivity contribution in [3.8, 4) is 0 Å². The molecule has 8 nitrogen and oxygen atoms in total. The Kier molecular flexibility index (Phi) is 2.84. The summed E-state index contributed by atoms with van der Waals surface area (Å²) in [6.07, 6.45) is 0. The molecule has 0 bridgehead atoms. The van der Waals surface area contributed by atoms with Gasteiger partial charge in [0.25, 0.3) is 17.3 Å². The van der Waals surface area contributed by atoms with Gasteiger partial charge in [0, 0.05) is 12.1 Å². The van der Waals surface area contributed by atoms with Gasteiger partial charge in [-0.3, -0.25) is 25.0 Å². The Bertz CT molecular complexity index is 461. The molecule has 0 saturated heterocycles. The van der Waals surface area contributed by atoms with Crippen molar-refractivity contribution in [2.45, 2.75) is 6.92 Å². The number of nitro benzene ring substituents is 2. The van der Waals surface area contributed by atoms with E-state index in [1.165, 1.54) is 6.92 Å². The molecule has 1 amide bonds. The predicted octanol–water partition coefficient (Wildman–Crippen LogP) is 0.910. The van der Waals surface area contributed by atoms with E-state index < -0.39 is 32.7 Å². The Hall–Kier alpha value is -2.51. The van der Waals surface area contributed by atoms with Crippen LogP contribution in [-0.4, -0.2) is 15.8 Å². The molecule has 0 unspecified atom stereocenters. The van der Waals surface area contributed by atoms with E-state index in [4.69, 9.17) is 5.73 Å². The summed E-state index contributed by atoms with van der Waals surface area (Å²) in [6.45, 7) is 1.45. The minimum atomic E-state index is -1.20. The Morgan fingerprint density at radius 3 is 1.81 bits per heavy atom. The van der Waals surface area contributed by atoms with Crippen molar-refractivity contribution in [3.63, 3.8) is 0 Å². The van der Waals surface area contributed by atoms with E-state index >= 15 is 0 Å². The number of primary amides is 1. The minimum absolute atomic E-state index is 0.309. The van der Waals surface area contributed by atoms with Crippen LogP contribution in [0.5, 0.6) is 0 Å². The Morgan fingerprint density at radius 2 is 1.56 bits per heavy atom. The first-order valence-corrected chi connectivity index (χ1v) is 4.08. The van der Waals surface area contributed by atoms with E-state index in [0.717, 1.165) is 12.1 Å². The number of amides is 1. The first-order chi connectivity index (χ1) is 7.34. The third-order valence-corrected chi connectivity index (χ3v) is 1.88. The lowest BCUT2D eigenvalue weighted by Crippen LogP contribution is -2.16. The van der Waals surface area contributed by atoms with Gasteiger partial charge in [0.15, 0.2) is 5.56 Å². The van der Waals surface area contributed by atoms with Crippen LogP contribution >= 0.6 is 0 Å². The third-order valence-electron chi connectivity index (χ3n) is 1.88. The summed E-state index contributed by atoms with van der Waals surface area (Å²) in [5.41, 5.74) is 3.21. The van der Waals surface area contributed by atoms with Crippen LogP contribution in [0.15, 0.2) is 12.1 Å². The fourth-order valence-corrected chi connectivity index (χ4v) is 1.29. The van der Waals surface area contributed by atoms with Gasteiger partial charge in [-0.05, 0) is 12.5 Å². The lowest BCUT2D eigenvalue weighted by molar-refractivity contribution is -0.394. The Morgan fingerprint density at radius 1 is 1.19 bits per heavy atom. The highest BCUT2D eigenvalue weighted by atomic mass is 16.6. The second kappa shape index (κ2) is 3.93. The molecule has 84 valence electrons. The molecule has 0 aromatic heterocycles. The first-order valence-electron chi connectivity index (χ1n) is 4.08. The molecule has 8 heteroatoms. The van der Waals surface area contributed by atoms with Crippen LogP contribution in [-0.2, 0) is 0 Å². The molecule has 0 heterocycles. The monoisotopic (exact) mass is 225 g/mol. The van der Waals surface area contributed by atoms with E-state index in [1.54, 1.807) is 0 Å². The summed E-state index contributed by atoms with van der Waals surface area (Å²) in [5.74, 6) is -1.20. The number of hydrogen-bond donors (Lipinski definition) is 1. The van der Waals surface area contributed by atoms with E-state index in [0.29, 0.717) is 5.56 Å². The molecule has 0 aliphatic carbocycles. The second-order valence-corrected chi connectivity index (χ2v) is 3.06. The average Bonchev–Trinajstić information content (AvgIpc) is 2.15. The van der Waals surface area contributed by atoms with Gasteiger partial charge in [0.05, 0.1) is 9.85 Å². The van der Waals surface area contributed by atoms with Crippen molar-refractivity contribution in [3.05, 3.63) is 43.5 Å². The van der Waals surface area contributed by atoms with Crippen LogP contribution in [0.2, 0.25) is 0 Å². The number of hydrogen-bond acceptors (Lipinski definition) is 5. The molecular formula is C8H7N3O5. The molecule has 0 radical (unpaired) electrons. The lowest BCUT2D eigenvalue weighted by Gasteiger charge is -2.01. The van der Waals surface area contributed by atoms with Crippen molar-refractivity contribution in [2.24, 2.45) is 5.73 Å². The van der Waals surface area contributed by atoms with Gasteiger partial charge >= 0.3 is 0 Å². The number of aryl methyl sites for hydroxylation is 1. The summed E-state index contributed by atoms with van der Waals surface area (Å²) < 4.78 is 0. The summed E-state index contributed by atoms with van der Waals surface area (Å²) in [6, 6.07) is 2.13. The van der Waals surface area contributed by atoms with E-state index in [-0.39, 0.29) is 0 Å². The smallest absolute Gasteiger partial charge is 0.289 e. The summed E-state index contributed by atoms with van der Waals surface area (Å²) in [7, 11) is 0. The van der Waals surface area contributed by atoms with Gasteiger partial charge in [-0.2, -0.15) is 0 Å². The lowest BCUT2D eigenvalue weighted by atomic mass is 10.1. The normalized spacial score (nSPS) is 9.81. The van der Waals surface area contributed by atoms with Gasteiger partial charge in [0.1, 0.15) is 0 Å². The van der Waals surface area contributed by atoms with Crippen LogP contribution in [0, 0.1) is 27.2 Å². The van der Waals surface area contributed by atoms with Crippen LogP contribution in [0.1, 0.15) is 15.9 Å². The zero-order chi connectivity index (χ0) is 12.5. The SMILES string of the molecule is Cc1cc([N+](=O)[O-])c(C(N)=O)c([N+](=O)[O-])c1. The highest BCUT2D eigenvalue weighted by Gasteiger charge is 2.29. The predicted molar refractivity (Wildman–Crippen MR) is 53.0 cm³/mol. The molecule has 0 spiro atoms. The number of rotatable bonds is 3. The van der Waals surface area contributed by atoms with E-state index in [9.17, 15) is 25.0 Å². The molecule has 1 aromatic rings. The fourth-order valence-electron chi connectivity index (χ4n) is 1.29. The molecule has 1 rings (SSSR count). The van der Waals surface area contributed by atoms with Crippen molar-refractivity contribution < 1.29 is 14.6 Å². The number of nitrogens with two attached hydrogens (primary N) is 1. The molecule has 0 aliphatic rings. The van der Waals surface area contributed by atoms with E-state index in [2.05, 4.69) is 0 Å². The third kappa shape index (κ3) is 1.95. The first kappa shape index (κ1) is 11.6. The maximum absolute atomic E-state index is 11.0. The van der Waals surface area contributed by atoms with Gasteiger partial charge in [-0.15, -0.1) is 0 Å². The second-order valence-electron chi connectivity index (χ2n) is 3.06. The van der Waals surface area contributed by atoms with Crippen molar-refractivity contribution in [2.75, 3.05) is 0 Å². The molecule has 0 atom stereocenters.